The van der Waals surface area contributed by atoms with Gasteiger partial charge in [-0.15, -0.1) is 0 Å². The number of carbonyl (C=O) groups excluding carboxylic acids is 3. The molecule has 0 aromatic rings. The Balaban J connectivity index is 2.75. The van der Waals surface area contributed by atoms with Gasteiger partial charge in [0, 0.05) is 29.7 Å². The molecule has 0 aromatic heterocycles. The lowest BCUT2D eigenvalue weighted by Crippen LogP contribution is -2.16. The highest BCUT2D eigenvalue weighted by atomic mass is 16.5. The molecule has 1 aliphatic heterocycles. The van der Waals surface area contributed by atoms with Crippen molar-refractivity contribution in [2.75, 3.05) is 7.11 Å². The summed E-state index contributed by atoms with van der Waals surface area (Å²) in [5.74, 6) is -1.18. The van der Waals surface area contributed by atoms with Crippen molar-refractivity contribution in [1.29, 1.82) is 0 Å². The van der Waals surface area contributed by atoms with Crippen molar-refractivity contribution in [2.24, 2.45) is 11.8 Å². The molecule has 0 fully saturated rings. The Hall–Kier alpha value is -2.57. The normalized spacial score (nSPS) is 16.4. The molecular formula is C18H25NO6. The fourth-order valence-corrected chi connectivity index (χ4v) is 2.22. The molecule has 0 saturated heterocycles. The Kier molecular flexibility index (Phi) is 7.91. The molecule has 1 rings (SSSR count). The predicted molar refractivity (Wildman–Crippen MR) is 91.4 cm³/mol. The van der Waals surface area contributed by atoms with Gasteiger partial charge in [0.2, 0.25) is 0 Å². The lowest BCUT2D eigenvalue weighted by molar-refractivity contribution is -0.140. The van der Waals surface area contributed by atoms with Crippen molar-refractivity contribution >= 4 is 17.8 Å². The van der Waals surface area contributed by atoms with Gasteiger partial charge in [-0.25, -0.2) is 4.79 Å². The second-order valence-corrected chi connectivity index (χ2v) is 6.10. The predicted octanol–water partition coefficient (Wildman–Crippen LogP) is 3.14. The van der Waals surface area contributed by atoms with Crippen LogP contribution in [0.15, 0.2) is 35.4 Å². The van der Waals surface area contributed by atoms with E-state index in [0.29, 0.717) is 18.6 Å². The van der Waals surface area contributed by atoms with Crippen molar-refractivity contribution in [3.05, 3.63) is 35.4 Å². The molecule has 25 heavy (non-hydrogen) atoms. The number of allylic oxidation sites excluding steroid dienone is 3. The van der Waals surface area contributed by atoms with Crippen LogP contribution in [0, 0.1) is 11.8 Å². The number of esters is 1. The molecule has 1 atom stereocenters. The van der Waals surface area contributed by atoms with Crippen LogP contribution in [0.25, 0.3) is 0 Å². The first-order valence-electron chi connectivity index (χ1n) is 8.14. The number of aliphatic hydroxyl groups excluding tert-OH is 1. The van der Waals surface area contributed by atoms with Crippen LogP contribution in [-0.4, -0.2) is 30.1 Å². The zero-order chi connectivity index (χ0) is 19.0. The van der Waals surface area contributed by atoms with Crippen LogP contribution in [0.1, 0.15) is 40.0 Å². The third kappa shape index (κ3) is 6.45. The molecule has 0 spiro atoms. The van der Waals surface area contributed by atoms with Gasteiger partial charge in [0.05, 0.1) is 13.5 Å². The number of hydrogen-bond acceptors (Lipinski definition) is 6. The van der Waals surface area contributed by atoms with Gasteiger partial charge >= 0.3 is 12.1 Å². The lowest BCUT2D eigenvalue weighted by atomic mass is 9.97. The van der Waals surface area contributed by atoms with E-state index in [1.807, 2.05) is 6.92 Å². The fraction of sp³-hybridized carbons (Fsp3) is 0.500. The summed E-state index contributed by atoms with van der Waals surface area (Å²) in [6, 6.07) is 0. The Labute approximate surface area is 147 Å². The quantitative estimate of drug-likeness (QED) is 0.683. The third-order valence-corrected chi connectivity index (χ3v) is 3.72. The Morgan fingerprint density at radius 3 is 2.68 bits per heavy atom. The van der Waals surface area contributed by atoms with Crippen LogP contribution >= 0.6 is 0 Å². The molecule has 0 aromatic carbocycles. The Bertz CT molecular complexity index is 615. The molecule has 1 heterocycles. The number of methoxy groups -OCH3 is 1. The van der Waals surface area contributed by atoms with E-state index in [4.69, 9.17) is 4.74 Å². The van der Waals surface area contributed by atoms with Crippen LogP contribution in [0.2, 0.25) is 0 Å². The first-order chi connectivity index (χ1) is 11.8. The van der Waals surface area contributed by atoms with Crippen LogP contribution in [-0.2, 0) is 19.1 Å². The molecule has 2 N–H and O–H groups in total. The van der Waals surface area contributed by atoms with Gasteiger partial charge in [0.25, 0.3) is 0 Å². The number of carbonyl (C=O) groups is 3. The lowest BCUT2D eigenvalue weighted by Gasteiger charge is -2.13. The van der Waals surface area contributed by atoms with Gasteiger partial charge in [-0.05, 0) is 12.8 Å². The summed E-state index contributed by atoms with van der Waals surface area (Å²) in [5.41, 5.74) is 0.0874. The van der Waals surface area contributed by atoms with E-state index < -0.39 is 12.1 Å². The SMILES string of the molecule is COC(=O)N/C=C/CCC(C)C1=CC(O)=C(C(=O)C(C)C)CC(=O)O1. The van der Waals surface area contributed by atoms with E-state index in [2.05, 4.69) is 10.1 Å². The molecule has 0 bridgehead atoms. The van der Waals surface area contributed by atoms with Gasteiger partial charge in [-0.3, -0.25) is 14.9 Å². The minimum Gasteiger partial charge on any atom is -0.507 e. The van der Waals surface area contributed by atoms with Gasteiger partial charge in [0.1, 0.15) is 11.5 Å². The topological polar surface area (TPSA) is 102 Å². The molecule has 7 nitrogen and oxygen atoms in total. The summed E-state index contributed by atoms with van der Waals surface area (Å²) in [7, 11) is 1.27. The number of rotatable bonds is 7. The minimum absolute atomic E-state index is 0.0874. The van der Waals surface area contributed by atoms with Crippen molar-refractivity contribution in [1.82, 2.24) is 5.32 Å². The van der Waals surface area contributed by atoms with Crippen molar-refractivity contribution in [3.63, 3.8) is 0 Å². The maximum absolute atomic E-state index is 12.1. The number of Topliss-reactive ketones (excluding diaryl/α,β-unsaturated/α-hetero) is 1. The molecule has 7 heteroatoms. The maximum atomic E-state index is 12.1. The highest BCUT2D eigenvalue weighted by Gasteiger charge is 2.26. The zero-order valence-corrected chi connectivity index (χ0v) is 15.0. The molecule has 1 amide bonds. The number of nitrogens with one attached hydrogen (secondary N) is 1. The van der Waals surface area contributed by atoms with E-state index in [-0.39, 0.29) is 35.4 Å². The molecule has 0 radical (unpaired) electrons. The molecular weight excluding hydrogens is 326 g/mol. The molecule has 0 saturated carbocycles. The summed E-state index contributed by atoms with van der Waals surface area (Å²) >= 11 is 0. The standard InChI is InChI=1S/C18H25NO6/c1-11(2)17(22)13-9-16(21)25-15(10-14(13)20)12(3)7-5-6-8-19-18(23)24-4/h6,8,10-12,20H,5,7,9H2,1-4H3,(H,19,23)/b8-6+. The number of aliphatic hydroxyl groups is 1. The van der Waals surface area contributed by atoms with E-state index in [1.54, 1.807) is 19.9 Å². The minimum atomic E-state index is -0.561. The summed E-state index contributed by atoms with van der Waals surface area (Å²) in [4.78, 5) is 34.9. The maximum Gasteiger partial charge on any atom is 0.410 e. The largest absolute Gasteiger partial charge is 0.507 e. The van der Waals surface area contributed by atoms with Crippen LogP contribution in [0.3, 0.4) is 0 Å². The first-order valence-corrected chi connectivity index (χ1v) is 8.14. The summed E-state index contributed by atoms with van der Waals surface area (Å²) in [6.07, 6.45) is 5.02. The van der Waals surface area contributed by atoms with E-state index >= 15 is 0 Å². The average molecular weight is 351 g/mol. The molecule has 1 aliphatic rings. The van der Waals surface area contributed by atoms with Crippen LogP contribution in [0.4, 0.5) is 4.79 Å². The van der Waals surface area contributed by atoms with Crippen molar-refractivity contribution < 1.29 is 29.0 Å². The van der Waals surface area contributed by atoms with Crippen molar-refractivity contribution in [3.8, 4) is 0 Å². The average Bonchev–Trinajstić information content (AvgIpc) is 2.71. The van der Waals surface area contributed by atoms with E-state index in [9.17, 15) is 19.5 Å². The zero-order valence-electron chi connectivity index (χ0n) is 15.0. The Morgan fingerprint density at radius 1 is 1.40 bits per heavy atom. The van der Waals surface area contributed by atoms with Crippen LogP contribution in [0.5, 0.6) is 0 Å². The number of alkyl carbamates (subject to hydrolysis) is 1. The fourth-order valence-electron chi connectivity index (χ4n) is 2.22. The highest BCUT2D eigenvalue weighted by Crippen LogP contribution is 2.26. The second-order valence-electron chi connectivity index (χ2n) is 6.10. The van der Waals surface area contributed by atoms with Crippen LogP contribution < -0.4 is 5.32 Å². The Morgan fingerprint density at radius 2 is 2.08 bits per heavy atom. The highest BCUT2D eigenvalue weighted by molar-refractivity contribution is 6.01. The third-order valence-electron chi connectivity index (χ3n) is 3.72. The summed E-state index contributed by atoms with van der Waals surface area (Å²) in [5, 5.41) is 12.6. The number of cyclic esters (lactones) is 1. The van der Waals surface area contributed by atoms with Gasteiger partial charge in [-0.1, -0.05) is 26.8 Å². The van der Waals surface area contributed by atoms with Gasteiger partial charge in [-0.2, -0.15) is 0 Å². The van der Waals surface area contributed by atoms with Gasteiger partial charge < -0.3 is 14.6 Å². The molecule has 138 valence electrons. The number of ketones is 1. The second kappa shape index (κ2) is 9.66. The van der Waals surface area contributed by atoms with Gasteiger partial charge in [0.15, 0.2) is 5.78 Å². The van der Waals surface area contributed by atoms with E-state index in [0.717, 1.165) is 0 Å². The number of ether oxygens (including phenoxy) is 2. The monoisotopic (exact) mass is 351 g/mol. The van der Waals surface area contributed by atoms with Crippen molar-refractivity contribution in [2.45, 2.75) is 40.0 Å². The summed E-state index contributed by atoms with van der Waals surface area (Å²) in [6.45, 7) is 5.27. The number of hydrogen-bond donors (Lipinski definition) is 2. The summed E-state index contributed by atoms with van der Waals surface area (Å²) < 4.78 is 9.70. The van der Waals surface area contributed by atoms with E-state index in [1.165, 1.54) is 19.4 Å². The smallest absolute Gasteiger partial charge is 0.410 e. The molecule has 1 unspecified atom stereocenters. The molecule has 0 aliphatic carbocycles. The number of amides is 1. The first kappa shape index (κ1) is 20.5.